The maximum Gasteiger partial charge on any atom is 0.345 e. The molecule has 0 aliphatic heterocycles. The van der Waals surface area contributed by atoms with Crippen molar-refractivity contribution in [1.29, 1.82) is 0 Å². The molecule has 0 spiro atoms. The molecule has 1 aromatic heterocycles. The number of rotatable bonds is 4. The van der Waals surface area contributed by atoms with E-state index in [9.17, 15) is 4.79 Å². The predicted octanol–water partition coefficient (Wildman–Crippen LogP) is 5.27. The number of hydrogen-bond acceptors (Lipinski definition) is 3. The van der Waals surface area contributed by atoms with Crippen molar-refractivity contribution in [2.45, 2.75) is 20.3 Å². The molecule has 6 heteroatoms. The molecule has 1 heterocycles. The first-order valence-corrected chi connectivity index (χ1v) is 8.57. The van der Waals surface area contributed by atoms with Crippen LogP contribution in [-0.4, -0.2) is 15.7 Å². The topological polar surface area (TPSA) is 44.1 Å². The van der Waals surface area contributed by atoms with E-state index < -0.39 is 5.97 Å². The molecular formula is C19H16Cl2N2O2. The average molecular weight is 375 g/mol. The van der Waals surface area contributed by atoms with Crippen LogP contribution in [0, 0.1) is 6.92 Å². The van der Waals surface area contributed by atoms with Gasteiger partial charge in [-0.05, 0) is 43.2 Å². The van der Waals surface area contributed by atoms with E-state index >= 15 is 0 Å². The molecule has 4 nitrogen and oxygen atoms in total. The van der Waals surface area contributed by atoms with Gasteiger partial charge in [0, 0.05) is 6.07 Å². The van der Waals surface area contributed by atoms with E-state index in [1.54, 1.807) is 41.1 Å². The number of benzene rings is 2. The lowest BCUT2D eigenvalue weighted by Crippen LogP contribution is -2.13. The summed E-state index contributed by atoms with van der Waals surface area (Å²) in [4.78, 5) is 12.5. The van der Waals surface area contributed by atoms with Crippen LogP contribution in [0.15, 0.2) is 48.5 Å². The summed E-state index contributed by atoms with van der Waals surface area (Å²) >= 11 is 12.1. The molecule has 0 N–H and O–H groups in total. The number of carbonyl (C=O) groups excluding carboxylic acids is 1. The van der Waals surface area contributed by atoms with Crippen LogP contribution in [0.2, 0.25) is 10.0 Å². The number of nitrogens with zero attached hydrogens (tertiary/aromatic N) is 2. The Morgan fingerprint density at radius 2 is 1.88 bits per heavy atom. The molecule has 0 saturated carbocycles. The molecule has 0 aliphatic carbocycles. The quantitative estimate of drug-likeness (QED) is 0.584. The SMILES string of the molecule is CCc1cc(OC(=O)c2ccccc2C)n(-c2ccc(Cl)c(Cl)c2)n1. The molecule has 0 radical (unpaired) electrons. The van der Waals surface area contributed by atoms with Crippen LogP contribution in [0.3, 0.4) is 0 Å². The Morgan fingerprint density at radius 3 is 2.56 bits per heavy atom. The Morgan fingerprint density at radius 1 is 1.12 bits per heavy atom. The zero-order valence-corrected chi connectivity index (χ0v) is 15.3. The molecule has 2 aromatic carbocycles. The van der Waals surface area contributed by atoms with Gasteiger partial charge in [0.15, 0.2) is 0 Å². The van der Waals surface area contributed by atoms with Crippen molar-refractivity contribution in [2.24, 2.45) is 0 Å². The highest BCUT2D eigenvalue weighted by atomic mass is 35.5. The van der Waals surface area contributed by atoms with Gasteiger partial charge in [-0.15, -0.1) is 0 Å². The summed E-state index contributed by atoms with van der Waals surface area (Å²) in [6, 6.07) is 14.2. The van der Waals surface area contributed by atoms with Crippen LogP contribution in [0.25, 0.3) is 5.69 Å². The van der Waals surface area contributed by atoms with E-state index in [1.807, 2.05) is 26.0 Å². The van der Waals surface area contributed by atoms with Crippen molar-refractivity contribution in [3.05, 3.63) is 75.4 Å². The molecule has 0 saturated heterocycles. The lowest BCUT2D eigenvalue weighted by atomic mass is 10.1. The molecule has 3 rings (SSSR count). The monoisotopic (exact) mass is 374 g/mol. The molecule has 3 aromatic rings. The van der Waals surface area contributed by atoms with Crippen molar-refractivity contribution in [3.8, 4) is 11.6 Å². The van der Waals surface area contributed by atoms with E-state index in [-0.39, 0.29) is 0 Å². The first-order valence-electron chi connectivity index (χ1n) is 7.81. The van der Waals surface area contributed by atoms with E-state index in [4.69, 9.17) is 27.9 Å². The fourth-order valence-corrected chi connectivity index (χ4v) is 2.70. The van der Waals surface area contributed by atoms with Crippen molar-refractivity contribution < 1.29 is 9.53 Å². The first kappa shape index (κ1) is 17.5. The van der Waals surface area contributed by atoms with E-state index in [2.05, 4.69) is 5.10 Å². The van der Waals surface area contributed by atoms with E-state index in [0.717, 1.165) is 11.3 Å². The fraction of sp³-hybridized carbons (Fsp3) is 0.158. The van der Waals surface area contributed by atoms with Gasteiger partial charge >= 0.3 is 5.97 Å². The number of carbonyl (C=O) groups is 1. The molecule has 0 fully saturated rings. The Hall–Kier alpha value is -2.30. The number of esters is 1. The van der Waals surface area contributed by atoms with Gasteiger partial charge in [-0.3, -0.25) is 0 Å². The number of aryl methyl sites for hydroxylation is 2. The highest BCUT2D eigenvalue weighted by Crippen LogP contribution is 2.27. The summed E-state index contributed by atoms with van der Waals surface area (Å²) in [5.41, 5.74) is 2.84. The first-order chi connectivity index (χ1) is 12.0. The van der Waals surface area contributed by atoms with Crippen molar-refractivity contribution in [2.75, 3.05) is 0 Å². The van der Waals surface area contributed by atoms with Crippen LogP contribution >= 0.6 is 23.2 Å². The second kappa shape index (κ2) is 7.30. The lowest BCUT2D eigenvalue weighted by molar-refractivity contribution is 0.0722. The molecule has 0 atom stereocenters. The Kier molecular flexibility index (Phi) is 5.11. The van der Waals surface area contributed by atoms with Crippen LogP contribution in [-0.2, 0) is 6.42 Å². The maximum absolute atomic E-state index is 12.5. The lowest BCUT2D eigenvalue weighted by Gasteiger charge is -2.09. The third-order valence-corrected chi connectivity index (χ3v) is 4.54. The maximum atomic E-state index is 12.5. The summed E-state index contributed by atoms with van der Waals surface area (Å²) in [6.07, 6.45) is 0.712. The molecule has 0 amide bonds. The van der Waals surface area contributed by atoms with Gasteiger partial charge in [0.1, 0.15) is 0 Å². The van der Waals surface area contributed by atoms with Crippen LogP contribution < -0.4 is 4.74 Å². The minimum atomic E-state index is -0.429. The fourth-order valence-electron chi connectivity index (χ4n) is 2.41. The molecule has 0 bridgehead atoms. The third-order valence-electron chi connectivity index (χ3n) is 3.80. The zero-order valence-electron chi connectivity index (χ0n) is 13.8. The normalized spacial score (nSPS) is 10.7. The highest BCUT2D eigenvalue weighted by Gasteiger charge is 2.17. The summed E-state index contributed by atoms with van der Waals surface area (Å²) in [5.74, 6) is -0.0922. The Bertz CT molecular complexity index is 935. The van der Waals surface area contributed by atoms with E-state index in [0.29, 0.717) is 33.6 Å². The second-order valence-corrected chi connectivity index (χ2v) is 6.36. The summed E-state index contributed by atoms with van der Waals surface area (Å²) in [7, 11) is 0. The van der Waals surface area contributed by atoms with Crippen LogP contribution in [0.5, 0.6) is 5.88 Å². The van der Waals surface area contributed by atoms with Crippen LogP contribution in [0.1, 0.15) is 28.5 Å². The standard InChI is InChI=1S/C19H16Cl2N2O2/c1-3-13-10-18(25-19(24)15-7-5-4-6-12(15)2)23(22-13)14-8-9-16(20)17(21)11-14/h4-11H,3H2,1-2H3. The smallest absolute Gasteiger partial charge is 0.345 e. The summed E-state index contributed by atoms with van der Waals surface area (Å²) < 4.78 is 7.16. The highest BCUT2D eigenvalue weighted by molar-refractivity contribution is 6.42. The summed E-state index contributed by atoms with van der Waals surface area (Å²) in [5, 5.41) is 5.33. The van der Waals surface area contributed by atoms with Crippen molar-refractivity contribution in [1.82, 2.24) is 9.78 Å². The minimum Gasteiger partial charge on any atom is -0.404 e. The molecule has 25 heavy (non-hydrogen) atoms. The molecule has 0 unspecified atom stereocenters. The third kappa shape index (κ3) is 3.70. The molecule has 128 valence electrons. The van der Waals surface area contributed by atoms with Gasteiger partial charge in [-0.1, -0.05) is 48.3 Å². The predicted molar refractivity (Wildman–Crippen MR) is 99.1 cm³/mol. The second-order valence-electron chi connectivity index (χ2n) is 5.54. The Balaban J connectivity index is 1.99. The number of hydrogen-bond donors (Lipinski definition) is 0. The Labute approximate surface area is 155 Å². The number of halogens is 2. The largest absolute Gasteiger partial charge is 0.404 e. The van der Waals surface area contributed by atoms with Gasteiger partial charge in [0.2, 0.25) is 5.88 Å². The van der Waals surface area contributed by atoms with Crippen molar-refractivity contribution in [3.63, 3.8) is 0 Å². The molecular weight excluding hydrogens is 359 g/mol. The average Bonchev–Trinajstić information content (AvgIpc) is 3.00. The number of ether oxygens (including phenoxy) is 1. The zero-order chi connectivity index (χ0) is 18.0. The van der Waals surface area contributed by atoms with Gasteiger partial charge < -0.3 is 4.74 Å². The van der Waals surface area contributed by atoms with Gasteiger partial charge in [-0.2, -0.15) is 5.10 Å². The minimum absolute atomic E-state index is 0.337. The number of aromatic nitrogens is 2. The van der Waals surface area contributed by atoms with Gasteiger partial charge in [0.25, 0.3) is 0 Å². The van der Waals surface area contributed by atoms with Crippen molar-refractivity contribution >= 4 is 29.2 Å². The molecule has 0 aliphatic rings. The summed E-state index contributed by atoms with van der Waals surface area (Å²) in [6.45, 7) is 3.85. The van der Waals surface area contributed by atoms with Gasteiger partial charge in [-0.25, -0.2) is 9.48 Å². The van der Waals surface area contributed by atoms with Gasteiger partial charge in [0.05, 0.1) is 27.0 Å². The van der Waals surface area contributed by atoms with Crippen LogP contribution in [0.4, 0.5) is 0 Å². The van der Waals surface area contributed by atoms with E-state index in [1.165, 1.54) is 0 Å².